The Bertz CT molecular complexity index is 972. The minimum absolute atomic E-state index is 0.000534. The number of amides is 1. The number of phenols is 1. The molecule has 1 N–H and O–H groups in total. The van der Waals surface area contributed by atoms with Gasteiger partial charge in [0.15, 0.2) is 11.5 Å². The zero-order chi connectivity index (χ0) is 19.6. The molecule has 27 heavy (non-hydrogen) atoms. The number of aromatic hydroxyl groups is 1. The number of carbonyl (C=O) groups is 2. The third-order valence-electron chi connectivity index (χ3n) is 4.65. The van der Waals surface area contributed by atoms with E-state index in [0.29, 0.717) is 11.3 Å². The first-order valence-corrected chi connectivity index (χ1v) is 8.64. The smallest absolute Gasteiger partial charge is 0.289 e. The molecule has 0 bridgehead atoms. The van der Waals surface area contributed by atoms with Crippen LogP contribution in [0.15, 0.2) is 65.1 Å². The van der Waals surface area contributed by atoms with Crippen molar-refractivity contribution in [1.82, 2.24) is 4.90 Å². The van der Waals surface area contributed by atoms with E-state index in [4.69, 9.17) is 4.42 Å². The molecule has 0 saturated carbocycles. The molecule has 0 aliphatic rings. The second-order valence-electron chi connectivity index (χ2n) is 6.48. The lowest BCUT2D eigenvalue weighted by Gasteiger charge is -2.24. The number of nitrogens with zero attached hydrogens (tertiary/aromatic N) is 1. The van der Waals surface area contributed by atoms with Crippen LogP contribution in [0.3, 0.4) is 0 Å². The number of Topliss-reactive ketones (excluding diaryl/α,β-unsaturated/α-hetero) is 1. The number of hydrogen-bond donors (Lipinski definition) is 1. The summed E-state index contributed by atoms with van der Waals surface area (Å²) in [7, 11) is 1.70. The van der Waals surface area contributed by atoms with E-state index >= 15 is 0 Å². The van der Waals surface area contributed by atoms with Gasteiger partial charge < -0.3 is 14.4 Å². The Morgan fingerprint density at radius 3 is 2.37 bits per heavy atom. The molecule has 3 aromatic rings. The fourth-order valence-electron chi connectivity index (χ4n) is 2.84. The molecule has 5 heteroatoms. The number of ketones is 1. The van der Waals surface area contributed by atoms with E-state index in [1.54, 1.807) is 66.5 Å². The minimum atomic E-state index is -0.252. The highest BCUT2D eigenvalue weighted by Gasteiger charge is 2.22. The molecule has 5 nitrogen and oxygen atoms in total. The molecule has 0 aliphatic heterocycles. The Kier molecular flexibility index (Phi) is 5.12. The maximum absolute atomic E-state index is 12.8. The molecule has 1 heterocycles. The fraction of sp³-hybridized carbons (Fsp3) is 0.182. The van der Waals surface area contributed by atoms with Crippen molar-refractivity contribution in [3.63, 3.8) is 0 Å². The first-order valence-electron chi connectivity index (χ1n) is 8.64. The van der Waals surface area contributed by atoms with E-state index < -0.39 is 0 Å². The van der Waals surface area contributed by atoms with Gasteiger partial charge in [0.2, 0.25) is 0 Å². The predicted molar refractivity (Wildman–Crippen MR) is 103 cm³/mol. The largest absolute Gasteiger partial charge is 0.508 e. The van der Waals surface area contributed by atoms with Crippen LogP contribution in [0.2, 0.25) is 0 Å². The standard InChI is InChI=1S/C22H21NO4/c1-14(18-5-4-6-19(25)13-18)23(3)22(26)21-12-11-20(27-21)17-9-7-16(8-10-17)15(2)24/h4-14,25H,1-3H3. The topological polar surface area (TPSA) is 70.8 Å². The quantitative estimate of drug-likeness (QED) is 0.668. The summed E-state index contributed by atoms with van der Waals surface area (Å²) in [5, 5.41) is 9.64. The summed E-state index contributed by atoms with van der Waals surface area (Å²) in [6.45, 7) is 3.40. The normalized spacial score (nSPS) is 11.8. The van der Waals surface area contributed by atoms with Crippen LogP contribution in [-0.4, -0.2) is 28.7 Å². The van der Waals surface area contributed by atoms with Gasteiger partial charge in [0, 0.05) is 18.2 Å². The second-order valence-corrected chi connectivity index (χ2v) is 6.48. The van der Waals surface area contributed by atoms with Crippen LogP contribution in [0.5, 0.6) is 5.75 Å². The number of furan rings is 1. The van der Waals surface area contributed by atoms with Crippen LogP contribution in [0.25, 0.3) is 11.3 Å². The van der Waals surface area contributed by atoms with Gasteiger partial charge in [0.25, 0.3) is 5.91 Å². The third kappa shape index (κ3) is 3.92. The van der Waals surface area contributed by atoms with Crippen molar-refractivity contribution in [1.29, 1.82) is 0 Å². The van der Waals surface area contributed by atoms with E-state index in [0.717, 1.165) is 11.1 Å². The molecular weight excluding hydrogens is 342 g/mol. The zero-order valence-electron chi connectivity index (χ0n) is 15.5. The molecule has 0 radical (unpaired) electrons. The highest BCUT2D eigenvalue weighted by Crippen LogP contribution is 2.27. The summed E-state index contributed by atoms with van der Waals surface area (Å²) in [5.41, 5.74) is 2.25. The van der Waals surface area contributed by atoms with Crippen LogP contribution < -0.4 is 0 Å². The van der Waals surface area contributed by atoms with Crippen molar-refractivity contribution in [2.24, 2.45) is 0 Å². The van der Waals surface area contributed by atoms with Gasteiger partial charge in [-0.15, -0.1) is 0 Å². The molecule has 1 amide bonds. The number of hydrogen-bond acceptors (Lipinski definition) is 4. The summed E-state index contributed by atoms with van der Waals surface area (Å²) < 4.78 is 5.74. The Morgan fingerprint density at radius 2 is 1.74 bits per heavy atom. The summed E-state index contributed by atoms with van der Waals surface area (Å²) in [4.78, 5) is 25.7. The summed E-state index contributed by atoms with van der Waals surface area (Å²) in [6.07, 6.45) is 0. The van der Waals surface area contributed by atoms with Gasteiger partial charge in [-0.2, -0.15) is 0 Å². The number of rotatable bonds is 5. The van der Waals surface area contributed by atoms with Crippen LogP contribution in [0, 0.1) is 0 Å². The van der Waals surface area contributed by atoms with Gasteiger partial charge >= 0.3 is 0 Å². The van der Waals surface area contributed by atoms with Gasteiger partial charge in [-0.1, -0.05) is 36.4 Å². The van der Waals surface area contributed by atoms with E-state index in [1.165, 1.54) is 6.92 Å². The number of carbonyl (C=O) groups excluding carboxylic acids is 2. The zero-order valence-corrected chi connectivity index (χ0v) is 15.5. The number of phenolic OH excluding ortho intramolecular Hbond substituents is 1. The van der Waals surface area contributed by atoms with Gasteiger partial charge in [-0.25, -0.2) is 0 Å². The van der Waals surface area contributed by atoms with Crippen molar-refractivity contribution in [3.05, 3.63) is 77.6 Å². The molecule has 0 fully saturated rings. The van der Waals surface area contributed by atoms with E-state index in [9.17, 15) is 14.7 Å². The average molecular weight is 363 g/mol. The van der Waals surface area contributed by atoms with Gasteiger partial charge in [-0.05, 0) is 43.7 Å². The average Bonchev–Trinajstić information content (AvgIpc) is 3.16. The maximum Gasteiger partial charge on any atom is 0.289 e. The Labute approximate surface area is 157 Å². The van der Waals surface area contributed by atoms with E-state index in [1.807, 2.05) is 13.0 Å². The summed E-state index contributed by atoms with van der Waals surface area (Å²) >= 11 is 0. The lowest BCUT2D eigenvalue weighted by atomic mass is 10.1. The van der Waals surface area contributed by atoms with Gasteiger partial charge in [0.1, 0.15) is 11.5 Å². The molecule has 138 valence electrons. The summed E-state index contributed by atoms with van der Waals surface area (Å²) in [5.74, 6) is 0.702. The molecule has 3 rings (SSSR count). The van der Waals surface area contributed by atoms with Crippen molar-refractivity contribution >= 4 is 11.7 Å². The fourth-order valence-corrected chi connectivity index (χ4v) is 2.84. The van der Waals surface area contributed by atoms with Crippen LogP contribution >= 0.6 is 0 Å². The predicted octanol–water partition coefficient (Wildman–Crippen LogP) is 4.69. The first kappa shape index (κ1) is 18.5. The highest BCUT2D eigenvalue weighted by molar-refractivity contribution is 5.94. The second kappa shape index (κ2) is 7.50. The molecule has 0 spiro atoms. The molecule has 1 unspecified atom stereocenters. The van der Waals surface area contributed by atoms with Gasteiger partial charge in [0.05, 0.1) is 6.04 Å². The lowest BCUT2D eigenvalue weighted by molar-refractivity contribution is 0.0711. The monoisotopic (exact) mass is 363 g/mol. The SMILES string of the molecule is CC(=O)c1ccc(-c2ccc(C(=O)N(C)C(C)c3cccc(O)c3)o2)cc1. The van der Waals surface area contributed by atoms with Crippen LogP contribution in [-0.2, 0) is 0 Å². The molecule has 1 atom stereocenters. The first-order chi connectivity index (χ1) is 12.9. The minimum Gasteiger partial charge on any atom is -0.508 e. The lowest BCUT2D eigenvalue weighted by Crippen LogP contribution is -2.29. The van der Waals surface area contributed by atoms with Gasteiger partial charge in [-0.3, -0.25) is 9.59 Å². The van der Waals surface area contributed by atoms with Crippen LogP contribution in [0.4, 0.5) is 0 Å². The Balaban J connectivity index is 1.78. The van der Waals surface area contributed by atoms with E-state index in [2.05, 4.69) is 0 Å². The summed E-state index contributed by atoms with van der Waals surface area (Å²) in [6, 6.07) is 17.0. The van der Waals surface area contributed by atoms with E-state index in [-0.39, 0.29) is 29.2 Å². The highest BCUT2D eigenvalue weighted by atomic mass is 16.4. The van der Waals surface area contributed by atoms with Crippen molar-refractivity contribution < 1.29 is 19.1 Å². The van der Waals surface area contributed by atoms with Crippen LogP contribution in [0.1, 0.15) is 46.4 Å². The molecule has 0 saturated heterocycles. The Hall–Kier alpha value is -3.34. The molecule has 2 aromatic carbocycles. The number of benzene rings is 2. The van der Waals surface area contributed by atoms with Crippen molar-refractivity contribution in [2.45, 2.75) is 19.9 Å². The molecular formula is C22H21NO4. The third-order valence-corrected chi connectivity index (χ3v) is 4.65. The molecule has 1 aromatic heterocycles. The van der Waals surface area contributed by atoms with Crippen molar-refractivity contribution in [2.75, 3.05) is 7.05 Å². The molecule has 0 aliphatic carbocycles. The maximum atomic E-state index is 12.8. The van der Waals surface area contributed by atoms with Crippen molar-refractivity contribution in [3.8, 4) is 17.1 Å². The Morgan fingerprint density at radius 1 is 1.04 bits per heavy atom.